The van der Waals surface area contributed by atoms with Gasteiger partial charge >= 0.3 is 0 Å². The largest absolute Gasteiger partial charge is 0.268 e. The lowest BCUT2D eigenvalue weighted by atomic mass is 10.1. The van der Waals surface area contributed by atoms with Gasteiger partial charge in [-0.1, -0.05) is 12.1 Å². The molecule has 0 atom stereocenters. The summed E-state index contributed by atoms with van der Waals surface area (Å²) >= 11 is 3.03. The van der Waals surface area contributed by atoms with E-state index in [4.69, 9.17) is 0 Å². The molecule has 1 heterocycles. The molecule has 0 saturated carbocycles. The number of carbonyl (C=O) groups excluding carboxylic acids is 2. The van der Waals surface area contributed by atoms with Crippen LogP contribution in [0.1, 0.15) is 20.7 Å². The molecule has 3 rings (SSSR count). The lowest BCUT2D eigenvalue weighted by Crippen LogP contribution is -2.29. The van der Waals surface area contributed by atoms with Gasteiger partial charge in [-0.15, -0.1) is 0 Å². The fraction of sp³-hybridized carbons (Fsp3) is 0. The number of nitrogens with zero attached hydrogens (tertiary/aromatic N) is 1. The van der Waals surface area contributed by atoms with Gasteiger partial charge in [0.05, 0.1) is 21.3 Å². The molecule has 2 amide bonds. The molecule has 0 saturated heterocycles. The number of carbonyl (C=O) groups is 2. The molecule has 0 fully saturated rings. The third kappa shape index (κ3) is 1.77. The van der Waals surface area contributed by atoms with E-state index in [1.807, 2.05) is 0 Å². The zero-order chi connectivity index (χ0) is 13.6. The molecule has 3 nitrogen and oxygen atoms in total. The maximum Gasteiger partial charge on any atom is 0.266 e. The zero-order valence-electron chi connectivity index (χ0n) is 9.56. The number of anilines is 1. The minimum Gasteiger partial charge on any atom is -0.268 e. The van der Waals surface area contributed by atoms with Gasteiger partial charge in [-0.3, -0.25) is 9.59 Å². The van der Waals surface area contributed by atoms with Gasteiger partial charge in [-0.25, -0.2) is 9.29 Å². The number of amides is 2. The summed E-state index contributed by atoms with van der Waals surface area (Å²) in [5, 5.41) is 0. The number of fused-ring (bicyclic) bond motifs is 1. The number of hydrogen-bond acceptors (Lipinski definition) is 2. The first-order chi connectivity index (χ1) is 9.09. The van der Waals surface area contributed by atoms with Crippen LogP contribution in [0, 0.1) is 5.82 Å². The lowest BCUT2D eigenvalue weighted by Gasteiger charge is -2.14. The molecule has 0 aromatic heterocycles. The van der Waals surface area contributed by atoms with Gasteiger partial charge in [0.25, 0.3) is 11.8 Å². The predicted molar refractivity (Wildman–Crippen MR) is 71.7 cm³/mol. The molecule has 1 aliphatic rings. The van der Waals surface area contributed by atoms with Crippen molar-refractivity contribution in [2.75, 3.05) is 4.90 Å². The van der Waals surface area contributed by atoms with E-state index in [9.17, 15) is 14.0 Å². The standard InChI is InChI=1S/C14H7BrFNO2/c15-11-6-5-8(7-12(11)16)17-13(18)9-3-1-2-4-10(9)14(17)19/h1-7H. The lowest BCUT2D eigenvalue weighted by molar-refractivity contribution is 0.0926. The Kier molecular flexibility index (Phi) is 2.71. The quantitative estimate of drug-likeness (QED) is 0.755. The second-order valence-corrected chi connectivity index (χ2v) is 4.94. The second kappa shape index (κ2) is 4.28. The van der Waals surface area contributed by atoms with Crippen molar-refractivity contribution in [3.8, 4) is 0 Å². The van der Waals surface area contributed by atoms with Gasteiger partial charge in [-0.2, -0.15) is 0 Å². The molecule has 0 spiro atoms. The highest BCUT2D eigenvalue weighted by Gasteiger charge is 2.36. The third-order valence-electron chi connectivity index (χ3n) is 2.96. The van der Waals surface area contributed by atoms with Crippen molar-refractivity contribution < 1.29 is 14.0 Å². The first kappa shape index (κ1) is 12.0. The number of hydrogen-bond donors (Lipinski definition) is 0. The summed E-state index contributed by atoms with van der Waals surface area (Å²) in [4.78, 5) is 25.3. The Bertz CT molecular complexity index is 679. The molecule has 0 aliphatic carbocycles. The molecular weight excluding hydrogens is 313 g/mol. The van der Waals surface area contributed by atoms with Gasteiger partial charge in [0.15, 0.2) is 0 Å². The SMILES string of the molecule is O=C1c2ccccc2C(=O)N1c1ccc(Br)c(F)c1. The first-order valence-corrected chi connectivity index (χ1v) is 6.32. The maximum atomic E-state index is 13.5. The Hall–Kier alpha value is -2.01. The summed E-state index contributed by atoms with van der Waals surface area (Å²) in [7, 11) is 0. The predicted octanol–water partition coefficient (Wildman–Crippen LogP) is 3.39. The Morgan fingerprint density at radius 2 is 1.53 bits per heavy atom. The minimum absolute atomic E-state index is 0.229. The highest BCUT2D eigenvalue weighted by Crippen LogP contribution is 2.30. The Balaban J connectivity index is 2.11. The third-order valence-corrected chi connectivity index (χ3v) is 3.60. The molecule has 1 aliphatic heterocycles. The van der Waals surface area contributed by atoms with Crippen molar-refractivity contribution in [2.45, 2.75) is 0 Å². The number of imide groups is 1. The summed E-state index contributed by atoms with van der Waals surface area (Å²) < 4.78 is 13.8. The van der Waals surface area contributed by atoms with Gasteiger partial charge in [-0.05, 0) is 46.3 Å². The molecule has 0 radical (unpaired) electrons. The monoisotopic (exact) mass is 319 g/mol. The molecule has 0 unspecified atom stereocenters. The van der Waals surface area contributed by atoms with E-state index in [1.165, 1.54) is 12.1 Å². The van der Waals surface area contributed by atoms with E-state index in [1.54, 1.807) is 24.3 Å². The van der Waals surface area contributed by atoms with Crippen LogP contribution in [0.5, 0.6) is 0 Å². The smallest absolute Gasteiger partial charge is 0.266 e. The maximum absolute atomic E-state index is 13.5. The van der Waals surface area contributed by atoms with Gasteiger partial charge in [0.2, 0.25) is 0 Å². The molecule has 0 bridgehead atoms. The topological polar surface area (TPSA) is 37.4 Å². The molecule has 5 heteroatoms. The van der Waals surface area contributed by atoms with Crippen molar-refractivity contribution in [3.05, 3.63) is 63.9 Å². The van der Waals surface area contributed by atoms with Crippen molar-refractivity contribution in [1.82, 2.24) is 0 Å². The molecule has 0 N–H and O–H groups in total. The number of benzene rings is 2. The fourth-order valence-corrected chi connectivity index (χ4v) is 2.29. The molecule has 2 aromatic rings. The molecular formula is C14H7BrFNO2. The van der Waals surface area contributed by atoms with Crippen LogP contribution in [0.4, 0.5) is 10.1 Å². The number of halogens is 2. The summed E-state index contributed by atoms with van der Waals surface area (Å²) in [5.41, 5.74) is 0.915. The van der Waals surface area contributed by atoms with E-state index < -0.39 is 17.6 Å². The second-order valence-electron chi connectivity index (χ2n) is 4.09. The average molecular weight is 320 g/mol. The summed E-state index contributed by atoms with van der Waals surface area (Å²) in [6, 6.07) is 10.7. The average Bonchev–Trinajstić information content (AvgIpc) is 2.66. The van der Waals surface area contributed by atoms with Crippen molar-refractivity contribution in [3.63, 3.8) is 0 Å². The zero-order valence-corrected chi connectivity index (χ0v) is 11.1. The van der Waals surface area contributed by atoms with Gasteiger partial charge in [0.1, 0.15) is 5.82 Å². The van der Waals surface area contributed by atoms with Crippen LogP contribution < -0.4 is 4.90 Å². The van der Waals surface area contributed by atoms with Crippen LogP contribution in [0.3, 0.4) is 0 Å². The fourth-order valence-electron chi connectivity index (χ4n) is 2.05. The molecule has 2 aromatic carbocycles. The van der Waals surface area contributed by atoms with Crippen LogP contribution in [-0.2, 0) is 0 Å². The van der Waals surface area contributed by atoms with Crippen molar-refractivity contribution in [1.29, 1.82) is 0 Å². The van der Waals surface area contributed by atoms with E-state index in [2.05, 4.69) is 15.9 Å². The van der Waals surface area contributed by atoms with Gasteiger partial charge in [0, 0.05) is 0 Å². The Morgan fingerprint density at radius 1 is 0.947 bits per heavy atom. The summed E-state index contributed by atoms with van der Waals surface area (Å²) in [6.45, 7) is 0. The van der Waals surface area contributed by atoms with Crippen molar-refractivity contribution >= 4 is 33.4 Å². The van der Waals surface area contributed by atoms with E-state index in [0.29, 0.717) is 11.1 Å². The van der Waals surface area contributed by atoms with Crippen LogP contribution in [0.25, 0.3) is 0 Å². The summed E-state index contributed by atoms with van der Waals surface area (Å²) in [6.07, 6.45) is 0. The Labute approximate surface area is 116 Å². The normalized spacial score (nSPS) is 13.9. The van der Waals surface area contributed by atoms with E-state index in [-0.39, 0.29) is 10.2 Å². The number of rotatable bonds is 1. The van der Waals surface area contributed by atoms with Crippen LogP contribution >= 0.6 is 15.9 Å². The first-order valence-electron chi connectivity index (χ1n) is 5.52. The highest BCUT2D eigenvalue weighted by molar-refractivity contribution is 9.10. The van der Waals surface area contributed by atoms with Gasteiger partial charge < -0.3 is 0 Å². The summed E-state index contributed by atoms with van der Waals surface area (Å²) in [5.74, 6) is -1.38. The molecule has 94 valence electrons. The van der Waals surface area contributed by atoms with E-state index in [0.717, 1.165) is 11.0 Å². The Morgan fingerprint density at radius 3 is 2.05 bits per heavy atom. The van der Waals surface area contributed by atoms with Crippen LogP contribution in [-0.4, -0.2) is 11.8 Å². The van der Waals surface area contributed by atoms with Crippen molar-refractivity contribution in [2.24, 2.45) is 0 Å². The van der Waals surface area contributed by atoms with Crippen LogP contribution in [0.15, 0.2) is 46.9 Å². The van der Waals surface area contributed by atoms with E-state index >= 15 is 0 Å². The minimum atomic E-state index is -0.519. The highest BCUT2D eigenvalue weighted by atomic mass is 79.9. The molecule has 19 heavy (non-hydrogen) atoms. The van der Waals surface area contributed by atoms with Crippen LogP contribution in [0.2, 0.25) is 0 Å².